The van der Waals surface area contributed by atoms with E-state index in [-0.39, 0.29) is 6.04 Å². The third-order valence-corrected chi connectivity index (χ3v) is 1.20. The second-order valence-corrected chi connectivity index (χ2v) is 1.82. The molecule has 0 saturated heterocycles. The van der Waals surface area contributed by atoms with Crippen LogP contribution in [0, 0.1) is 11.3 Å². The van der Waals surface area contributed by atoms with Gasteiger partial charge in [0.25, 0.3) is 0 Å². The molecular weight excluding hydrogens is 126 g/mol. The second-order valence-electron chi connectivity index (χ2n) is 1.82. The van der Waals surface area contributed by atoms with Crippen molar-refractivity contribution in [2.75, 3.05) is 0 Å². The highest BCUT2D eigenvalue weighted by Crippen LogP contribution is 2.03. The van der Waals surface area contributed by atoms with Crippen molar-refractivity contribution in [3.8, 4) is 6.07 Å². The van der Waals surface area contributed by atoms with Gasteiger partial charge in [0.2, 0.25) is 0 Å². The highest BCUT2D eigenvalue weighted by atomic mass is 15.0. The number of allylic oxidation sites excluding steroid dienone is 1. The van der Waals surface area contributed by atoms with Crippen LogP contribution in [0.2, 0.25) is 0 Å². The van der Waals surface area contributed by atoms with Gasteiger partial charge in [-0.25, -0.2) is 4.98 Å². The summed E-state index contributed by atoms with van der Waals surface area (Å²) in [5, 5.41) is 8.53. The van der Waals surface area contributed by atoms with Gasteiger partial charge in [-0.1, -0.05) is 12.7 Å². The normalized spacial score (nSPS) is 11.9. The van der Waals surface area contributed by atoms with Gasteiger partial charge in [0.05, 0.1) is 12.4 Å². The molecule has 1 aromatic rings. The molecule has 0 aliphatic heterocycles. The number of hydrogen-bond donors (Lipinski definition) is 0. The van der Waals surface area contributed by atoms with Crippen molar-refractivity contribution in [3.05, 3.63) is 31.4 Å². The Labute approximate surface area is 59.2 Å². The summed E-state index contributed by atoms with van der Waals surface area (Å²) in [5.74, 6) is 0. The van der Waals surface area contributed by atoms with Crippen molar-refractivity contribution in [2.24, 2.45) is 0 Å². The van der Waals surface area contributed by atoms with E-state index in [0.717, 1.165) is 0 Å². The fourth-order valence-electron chi connectivity index (χ4n) is 0.675. The Hall–Kier alpha value is -1.56. The average Bonchev–Trinajstić information content (AvgIpc) is 2.43. The van der Waals surface area contributed by atoms with Crippen LogP contribution in [-0.4, -0.2) is 9.55 Å². The van der Waals surface area contributed by atoms with Crippen molar-refractivity contribution >= 4 is 0 Å². The molecule has 0 saturated carbocycles. The first-order chi connectivity index (χ1) is 4.88. The summed E-state index contributed by atoms with van der Waals surface area (Å²) < 4.78 is 1.69. The lowest BCUT2D eigenvalue weighted by molar-refractivity contribution is 0.734. The molecule has 0 spiro atoms. The lowest BCUT2D eigenvalue weighted by atomic mass is 10.3. The van der Waals surface area contributed by atoms with Crippen molar-refractivity contribution in [2.45, 2.75) is 6.04 Å². The molecule has 1 atom stereocenters. The monoisotopic (exact) mass is 133 g/mol. The van der Waals surface area contributed by atoms with Gasteiger partial charge in [0.15, 0.2) is 0 Å². The first kappa shape index (κ1) is 6.56. The van der Waals surface area contributed by atoms with Gasteiger partial charge in [0, 0.05) is 12.4 Å². The zero-order valence-corrected chi connectivity index (χ0v) is 5.44. The Morgan fingerprint density at radius 2 is 2.60 bits per heavy atom. The molecule has 0 N–H and O–H groups in total. The molecule has 1 aromatic heterocycles. The van der Waals surface area contributed by atoms with E-state index in [4.69, 9.17) is 5.26 Å². The summed E-state index contributed by atoms with van der Waals surface area (Å²) in [6.45, 7) is 3.52. The van der Waals surface area contributed by atoms with Gasteiger partial charge in [0.1, 0.15) is 6.04 Å². The molecule has 0 radical (unpaired) electrons. The van der Waals surface area contributed by atoms with Gasteiger partial charge in [-0.05, 0) is 0 Å². The fourth-order valence-corrected chi connectivity index (χ4v) is 0.675. The van der Waals surface area contributed by atoms with Crippen LogP contribution in [0.25, 0.3) is 0 Å². The van der Waals surface area contributed by atoms with Gasteiger partial charge >= 0.3 is 0 Å². The fraction of sp³-hybridized carbons (Fsp3) is 0.143. The van der Waals surface area contributed by atoms with Crippen LogP contribution in [0.3, 0.4) is 0 Å². The zero-order chi connectivity index (χ0) is 7.40. The first-order valence-corrected chi connectivity index (χ1v) is 2.88. The second kappa shape index (κ2) is 2.83. The maximum Gasteiger partial charge on any atom is 0.140 e. The van der Waals surface area contributed by atoms with Gasteiger partial charge < -0.3 is 4.57 Å². The summed E-state index contributed by atoms with van der Waals surface area (Å²) in [6, 6.07) is 1.77. The highest BCUT2D eigenvalue weighted by molar-refractivity contribution is 5.02. The number of hydrogen-bond acceptors (Lipinski definition) is 2. The molecule has 1 heterocycles. The number of aromatic nitrogens is 2. The molecule has 10 heavy (non-hydrogen) atoms. The van der Waals surface area contributed by atoms with E-state index in [1.807, 2.05) is 0 Å². The zero-order valence-electron chi connectivity index (χ0n) is 5.44. The predicted octanol–water partition coefficient (Wildman–Crippen LogP) is 1.13. The summed E-state index contributed by atoms with van der Waals surface area (Å²) in [4.78, 5) is 3.80. The Kier molecular flexibility index (Phi) is 1.86. The molecule has 3 heteroatoms. The van der Waals surface area contributed by atoms with Crippen molar-refractivity contribution in [1.82, 2.24) is 9.55 Å². The molecule has 1 rings (SSSR count). The van der Waals surface area contributed by atoms with Crippen LogP contribution in [0.15, 0.2) is 31.4 Å². The summed E-state index contributed by atoms with van der Waals surface area (Å²) in [7, 11) is 0. The number of imidazole rings is 1. The largest absolute Gasteiger partial charge is 0.317 e. The minimum absolute atomic E-state index is 0.289. The van der Waals surface area contributed by atoms with E-state index in [0.29, 0.717) is 0 Å². The van der Waals surface area contributed by atoms with Gasteiger partial charge in [-0.15, -0.1) is 0 Å². The molecule has 0 aliphatic rings. The van der Waals surface area contributed by atoms with Crippen molar-refractivity contribution in [3.63, 3.8) is 0 Å². The van der Waals surface area contributed by atoms with Crippen LogP contribution in [-0.2, 0) is 0 Å². The number of rotatable bonds is 2. The lowest BCUT2D eigenvalue weighted by Crippen LogP contribution is -1.99. The summed E-state index contributed by atoms with van der Waals surface area (Å²) in [5.41, 5.74) is 0. The number of nitriles is 1. The minimum Gasteiger partial charge on any atom is -0.317 e. The van der Waals surface area contributed by atoms with Crippen LogP contribution in [0.4, 0.5) is 0 Å². The molecule has 50 valence electrons. The Bertz CT molecular complexity index is 242. The maximum absolute atomic E-state index is 8.53. The quantitative estimate of drug-likeness (QED) is 0.567. The SMILES string of the molecule is C=CC(C#N)n1ccnc1. The minimum atomic E-state index is -0.289. The van der Waals surface area contributed by atoms with E-state index in [1.165, 1.54) is 0 Å². The lowest BCUT2D eigenvalue weighted by Gasteiger charge is -2.01. The molecule has 0 aliphatic carbocycles. The van der Waals surface area contributed by atoms with E-state index < -0.39 is 0 Å². The van der Waals surface area contributed by atoms with Crippen LogP contribution < -0.4 is 0 Å². The molecule has 1 unspecified atom stereocenters. The number of nitrogens with zero attached hydrogens (tertiary/aromatic N) is 3. The smallest absolute Gasteiger partial charge is 0.140 e. The third-order valence-electron chi connectivity index (χ3n) is 1.20. The molecule has 0 bridgehead atoms. The van der Waals surface area contributed by atoms with Crippen LogP contribution in [0.1, 0.15) is 6.04 Å². The van der Waals surface area contributed by atoms with Crippen LogP contribution >= 0.6 is 0 Å². The topological polar surface area (TPSA) is 41.6 Å². The van der Waals surface area contributed by atoms with Crippen molar-refractivity contribution < 1.29 is 0 Å². The molecular formula is C7H7N3. The van der Waals surface area contributed by atoms with Crippen LogP contribution in [0.5, 0.6) is 0 Å². The van der Waals surface area contributed by atoms with E-state index in [1.54, 1.807) is 29.4 Å². The Morgan fingerprint density at radius 1 is 1.80 bits per heavy atom. The predicted molar refractivity (Wildman–Crippen MR) is 37.1 cm³/mol. The van der Waals surface area contributed by atoms with Crippen molar-refractivity contribution in [1.29, 1.82) is 5.26 Å². The summed E-state index contributed by atoms with van der Waals surface area (Å²) in [6.07, 6.45) is 6.53. The molecule has 0 fully saturated rings. The van der Waals surface area contributed by atoms with E-state index >= 15 is 0 Å². The Balaban J connectivity index is 2.86. The average molecular weight is 133 g/mol. The summed E-state index contributed by atoms with van der Waals surface area (Å²) >= 11 is 0. The third kappa shape index (κ3) is 1.06. The maximum atomic E-state index is 8.53. The highest BCUT2D eigenvalue weighted by Gasteiger charge is 2.00. The van der Waals surface area contributed by atoms with Gasteiger partial charge in [-0.3, -0.25) is 0 Å². The Morgan fingerprint density at radius 3 is 3.00 bits per heavy atom. The van der Waals surface area contributed by atoms with E-state index in [9.17, 15) is 0 Å². The van der Waals surface area contributed by atoms with E-state index in [2.05, 4.69) is 17.6 Å². The van der Waals surface area contributed by atoms with Gasteiger partial charge in [-0.2, -0.15) is 5.26 Å². The molecule has 3 nitrogen and oxygen atoms in total. The molecule has 0 amide bonds. The standard InChI is InChI=1S/C7H7N3/c1-2-7(5-8)10-4-3-9-6-10/h2-4,6-7H,1H2. The first-order valence-electron chi connectivity index (χ1n) is 2.88. The molecule has 0 aromatic carbocycles.